The van der Waals surface area contributed by atoms with Crippen molar-refractivity contribution in [2.45, 2.75) is 25.2 Å². The first kappa shape index (κ1) is 25.5. The molecule has 2 aromatic carbocycles. The second kappa shape index (κ2) is 11.0. The Kier molecular flexibility index (Phi) is 7.97. The van der Waals surface area contributed by atoms with E-state index < -0.39 is 5.92 Å². The van der Waals surface area contributed by atoms with Crippen LogP contribution in [-0.4, -0.2) is 69.1 Å². The number of ether oxygens (including phenoxy) is 3. The molecule has 2 atom stereocenters. The molecular weight excluding hydrogens is 491 g/mol. The molecule has 0 N–H and O–H groups in total. The fourth-order valence-electron chi connectivity index (χ4n) is 5.06. The summed E-state index contributed by atoms with van der Waals surface area (Å²) in [7, 11) is 4.67. The summed E-state index contributed by atoms with van der Waals surface area (Å²) in [5, 5.41) is 0.749. The molecule has 0 spiro atoms. The predicted octanol–water partition coefficient (Wildman–Crippen LogP) is 4.89. The zero-order valence-corrected chi connectivity index (χ0v) is 21.7. The number of methoxy groups -OCH3 is 3. The first-order chi connectivity index (χ1) is 16.9. The van der Waals surface area contributed by atoms with Gasteiger partial charge in [0.1, 0.15) is 0 Å². The Bertz CT molecular complexity index is 1080. The molecule has 2 aromatic rings. The van der Waals surface area contributed by atoms with Crippen molar-refractivity contribution >= 4 is 35.0 Å². The van der Waals surface area contributed by atoms with Crippen LogP contribution in [0, 0.1) is 5.92 Å². The third-order valence-electron chi connectivity index (χ3n) is 6.87. The highest BCUT2D eigenvalue weighted by Crippen LogP contribution is 2.44. The second-order valence-corrected chi connectivity index (χ2v) is 9.74. The van der Waals surface area contributed by atoms with Crippen molar-refractivity contribution in [3.05, 3.63) is 51.5 Å². The van der Waals surface area contributed by atoms with Crippen molar-refractivity contribution in [2.24, 2.45) is 5.92 Å². The van der Waals surface area contributed by atoms with Gasteiger partial charge in [-0.1, -0.05) is 23.2 Å². The van der Waals surface area contributed by atoms with Crippen LogP contribution in [0.3, 0.4) is 0 Å². The van der Waals surface area contributed by atoms with Crippen LogP contribution in [0.2, 0.25) is 10.0 Å². The zero-order valence-electron chi connectivity index (χ0n) is 20.2. The van der Waals surface area contributed by atoms with E-state index in [1.165, 1.54) is 0 Å². The third kappa shape index (κ3) is 5.16. The average Bonchev–Trinajstić information content (AvgIpc) is 3.33. The highest BCUT2D eigenvalue weighted by atomic mass is 35.5. The number of carbonyl (C=O) groups is 2. The fourth-order valence-corrected chi connectivity index (χ4v) is 5.54. The quantitative estimate of drug-likeness (QED) is 0.542. The van der Waals surface area contributed by atoms with Gasteiger partial charge in [0, 0.05) is 37.1 Å². The summed E-state index contributed by atoms with van der Waals surface area (Å²) in [6, 6.07) is 8.56. The van der Waals surface area contributed by atoms with Crippen LogP contribution in [0.4, 0.5) is 0 Å². The van der Waals surface area contributed by atoms with E-state index in [9.17, 15) is 9.59 Å². The number of nitrogens with zero attached hydrogens (tertiary/aromatic N) is 2. The smallest absolute Gasteiger partial charge is 0.255 e. The first-order valence-corrected chi connectivity index (χ1v) is 12.5. The number of hydrogen-bond donors (Lipinski definition) is 0. The Morgan fingerprint density at radius 1 is 0.857 bits per heavy atom. The molecule has 2 aliphatic heterocycles. The van der Waals surface area contributed by atoms with E-state index >= 15 is 0 Å². The minimum Gasteiger partial charge on any atom is -0.493 e. The monoisotopic (exact) mass is 520 g/mol. The third-order valence-corrected chi connectivity index (χ3v) is 7.42. The van der Waals surface area contributed by atoms with Gasteiger partial charge in [0.25, 0.3) is 5.91 Å². The van der Waals surface area contributed by atoms with Crippen LogP contribution >= 0.6 is 23.2 Å². The van der Waals surface area contributed by atoms with Crippen molar-refractivity contribution in [2.75, 3.05) is 47.5 Å². The first-order valence-electron chi connectivity index (χ1n) is 11.7. The van der Waals surface area contributed by atoms with E-state index in [4.69, 9.17) is 37.4 Å². The number of benzene rings is 2. The largest absolute Gasteiger partial charge is 0.493 e. The highest BCUT2D eigenvalue weighted by molar-refractivity contribution is 6.36. The van der Waals surface area contributed by atoms with Crippen LogP contribution in [0.5, 0.6) is 17.2 Å². The molecule has 2 amide bonds. The Hall–Kier alpha value is -2.64. The van der Waals surface area contributed by atoms with Crippen molar-refractivity contribution in [1.82, 2.24) is 9.80 Å². The molecule has 2 saturated heterocycles. The standard InChI is InChI=1S/C26H30Cl2N2O5/c1-33-22-11-16(12-23(34-2)24(22)35-3)19-14-30(25(31)18-8-7-17(27)13-21(18)28)15-20(19)26(32)29-9-5-4-6-10-29/h7-8,11-13,19-20H,4-6,9-10,14-15H2,1-3H3/t19-,20-/m1/s1. The molecule has 188 valence electrons. The molecule has 0 unspecified atom stereocenters. The molecule has 0 aliphatic carbocycles. The van der Waals surface area contributed by atoms with Gasteiger partial charge in [0.2, 0.25) is 11.7 Å². The summed E-state index contributed by atoms with van der Waals surface area (Å²) in [6.45, 7) is 2.15. The Balaban J connectivity index is 1.71. The van der Waals surface area contributed by atoms with E-state index in [-0.39, 0.29) is 22.8 Å². The van der Waals surface area contributed by atoms with Crippen molar-refractivity contribution in [3.63, 3.8) is 0 Å². The van der Waals surface area contributed by atoms with Gasteiger partial charge >= 0.3 is 0 Å². The van der Waals surface area contributed by atoms with Gasteiger partial charge in [-0.25, -0.2) is 0 Å². The lowest BCUT2D eigenvalue weighted by molar-refractivity contribution is -0.136. The number of carbonyl (C=O) groups excluding carboxylic acids is 2. The number of hydrogen-bond acceptors (Lipinski definition) is 5. The maximum Gasteiger partial charge on any atom is 0.255 e. The van der Waals surface area contributed by atoms with Gasteiger partial charge in [-0.2, -0.15) is 0 Å². The molecule has 2 heterocycles. The summed E-state index contributed by atoms with van der Waals surface area (Å²) >= 11 is 12.4. The van der Waals surface area contributed by atoms with Crippen LogP contribution in [-0.2, 0) is 4.79 Å². The summed E-state index contributed by atoms with van der Waals surface area (Å²) < 4.78 is 16.6. The molecule has 0 bridgehead atoms. The maximum absolute atomic E-state index is 13.7. The zero-order chi connectivity index (χ0) is 25.1. The molecule has 0 aromatic heterocycles. The number of halogens is 2. The van der Waals surface area contributed by atoms with Gasteiger partial charge in [0.05, 0.1) is 37.8 Å². The number of rotatable bonds is 6. The molecule has 35 heavy (non-hydrogen) atoms. The molecule has 7 nitrogen and oxygen atoms in total. The second-order valence-electron chi connectivity index (χ2n) is 8.89. The maximum atomic E-state index is 13.7. The van der Waals surface area contributed by atoms with E-state index in [0.29, 0.717) is 40.9 Å². The molecule has 2 aliphatic rings. The Morgan fingerprint density at radius 2 is 1.51 bits per heavy atom. The normalized spacial score (nSPS) is 20.0. The minimum atomic E-state index is -0.397. The Morgan fingerprint density at radius 3 is 2.09 bits per heavy atom. The molecule has 9 heteroatoms. The van der Waals surface area contributed by atoms with E-state index in [1.807, 2.05) is 17.0 Å². The summed E-state index contributed by atoms with van der Waals surface area (Å²) in [5.74, 6) is 0.711. The average molecular weight is 521 g/mol. The summed E-state index contributed by atoms with van der Waals surface area (Å²) in [6.07, 6.45) is 3.12. The van der Waals surface area contributed by atoms with Gasteiger partial charge < -0.3 is 24.0 Å². The van der Waals surface area contributed by atoms with Gasteiger partial charge in [-0.05, 0) is 55.2 Å². The van der Waals surface area contributed by atoms with Gasteiger partial charge in [0.15, 0.2) is 11.5 Å². The molecule has 0 saturated carbocycles. The molecular formula is C26H30Cl2N2O5. The number of piperidine rings is 1. The van der Waals surface area contributed by atoms with E-state index in [2.05, 4.69) is 0 Å². The number of amides is 2. The Labute approximate surface area is 215 Å². The molecule has 4 rings (SSSR count). The van der Waals surface area contributed by atoms with Crippen molar-refractivity contribution < 1.29 is 23.8 Å². The lowest BCUT2D eigenvalue weighted by Crippen LogP contribution is -2.42. The highest BCUT2D eigenvalue weighted by Gasteiger charge is 2.43. The van der Waals surface area contributed by atoms with Crippen molar-refractivity contribution in [1.29, 1.82) is 0 Å². The lowest BCUT2D eigenvalue weighted by atomic mass is 9.87. The van der Waals surface area contributed by atoms with Crippen LogP contribution in [0.25, 0.3) is 0 Å². The molecule has 2 fully saturated rings. The fraction of sp³-hybridized carbons (Fsp3) is 0.462. The van der Waals surface area contributed by atoms with Gasteiger partial charge in [-0.3, -0.25) is 9.59 Å². The number of likely N-dealkylation sites (tertiary alicyclic amines) is 2. The lowest BCUT2D eigenvalue weighted by Gasteiger charge is -2.31. The van der Waals surface area contributed by atoms with Gasteiger partial charge in [-0.15, -0.1) is 0 Å². The van der Waals surface area contributed by atoms with E-state index in [0.717, 1.165) is 37.9 Å². The minimum absolute atomic E-state index is 0.0703. The van der Waals surface area contributed by atoms with Crippen LogP contribution in [0.1, 0.15) is 41.1 Å². The topological polar surface area (TPSA) is 68.3 Å². The predicted molar refractivity (Wildman–Crippen MR) is 135 cm³/mol. The van der Waals surface area contributed by atoms with Crippen molar-refractivity contribution in [3.8, 4) is 17.2 Å². The van der Waals surface area contributed by atoms with E-state index in [1.54, 1.807) is 44.4 Å². The van der Waals surface area contributed by atoms with Crippen LogP contribution in [0.15, 0.2) is 30.3 Å². The van der Waals surface area contributed by atoms with Crippen LogP contribution < -0.4 is 14.2 Å². The molecule has 0 radical (unpaired) electrons. The SMILES string of the molecule is COc1cc([C@H]2CN(C(=O)c3ccc(Cl)cc3Cl)C[C@H]2C(=O)N2CCCCC2)cc(OC)c1OC. The summed E-state index contributed by atoms with van der Waals surface area (Å²) in [4.78, 5) is 30.8. The summed E-state index contributed by atoms with van der Waals surface area (Å²) in [5.41, 5.74) is 1.22.